The van der Waals surface area contributed by atoms with E-state index >= 15 is 0 Å². The maximum atomic E-state index is 13.1. The first kappa shape index (κ1) is 18.7. The summed E-state index contributed by atoms with van der Waals surface area (Å²) in [5, 5.41) is 0. The van der Waals surface area contributed by atoms with Crippen LogP contribution in [0.5, 0.6) is 5.75 Å². The molecule has 0 spiro atoms. The van der Waals surface area contributed by atoms with Gasteiger partial charge in [-0.15, -0.1) is 0 Å². The second-order valence-electron chi connectivity index (χ2n) is 7.34. The SMILES string of the molecule is CCc1ccc(OC)c(C(=O)N2CCCN(C(=O)C3CCCC3)CC2)c1. The van der Waals surface area contributed by atoms with Crippen LogP contribution in [0.4, 0.5) is 0 Å². The molecule has 1 aromatic rings. The van der Waals surface area contributed by atoms with Gasteiger partial charge in [-0.25, -0.2) is 0 Å². The first-order valence-corrected chi connectivity index (χ1v) is 9.89. The third kappa shape index (κ3) is 4.02. The van der Waals surface area contributed by atoms with Crippen molar-refractivity contribution in [1.29, 1.82) is 0 Å². The molecule has 0 atom stereocenters. The molecular formula is C21H30N2O3. The third-order valence-electron chi connectivity index (χ3n) is 5.70. The Morgan fingerprint density at radius 2 is 1.73 bits per heavy atom. The lowest BCUT2D eigenvalue weighted by molar-refractivity contribution is -0.135. The number of aryl methyl sites for hydroxylation is 1. The number of amides is 2. The molecule has 1 heterocycles. The van der Waals surface area contributed by atoms with Gasteiger partial charge in [0.05, 0.1) is 12.7 Å². The number of rotatable bonds is 4. The third-order valence-corrected chi connectivity index (χ3v) is 5.70. The van der Waals surface area contributed by atoms with Crippen LogP contribution >= 0.6 is 0 Å². The Kier molecular flexibility index (Phi) is 6.17. The Hall–Kier alpha value is -2.04. The van der Waals surface area contributed by atoms with Crippen LogP contribution in [0.15, 0.2) is 18.2 Å². The standard InChI is InChI=1S/C21H30N2O3/c1-3-16-9-10-19(26-2)18(15-16)21(25)23-12-6-11-22(13-14-23)20(24)17-7-4-5-8-17/h9-10,15,17H,3-8,11-14H2,1-2H3. The normalized spacial score (nSPS) is 18.7. The highest BCUT2D eigenvalue weighted by Gasteiger charge is 2.30. The van der Waals surface area contributed by atoms with E-state index < -0.39 is 0 Å². The zero-order chi connectivity index (χ0) is 18.5. The lowest BCUT2D eigenvalue weighted by atomic mass is 10.1. The minimum atomic E-state index is 0.00677. The predicted octanol–water partition coefficient (Wildman–Crippen LogP) is 3.12. The highest BCUT2D eigenvalue weighted by Crippen LogP contribution is 2.27. The van der Waals surface area contributed by atoms with Gasteiger partial charge in [-0.3, -0.25) is 9.59 Å². The largest absolute Gasteiger partial charge is 0.496 e. The Bertz CT molecular complexity index is 653. The zero-order valence-corrected chi connectivity index (χ0v) is 16.0. The van der Waals surface area contributed by atoms with Crippen molar-refractivity contribution in [2.75, 3.05) is 33.3 Å². The molecule has 2 fully saturated rings. The fourth-order valence-electron chi connectivity index (χ4n) is 4.08. The second kappa shape index (κ2) is 8.56. The van der Waals surface area contributed by atoms with Crippen LogP contribution in [0, 0.1) is 5.92 Å². The van der Waals surface area contributed by atoms with E-state index in [0.29, 0.717) is 36.9 Å². The smallest absolute Gasteiger partial charge is 0.257 e. The first-order chi connectivity index (χ1) is 12.6. The molecule has 2 aliphatic rings. The van der Waals surface area contributed by atoms with E-state index in [1.165, 1.54) is 12.8 Å². The fraction of sp³-hybridized carbons (Fsp3) is 0.619. The predicted molar refractivity (Wildman–Crippen MR) is 101 cm³/mol. The van der Waals surface area contributed by atoms with Crippen molar-refractivity contribution in [3.63, 3.8) is 0 Å². The van der Waals surface area contributed by atoms with E-state index in [0.717, 1.165) is 37.8 Å². The van der Waals surface area contributed by atoms with Gasteiger partial charge in [0, 0.05) is 32.1 Å². The molecule has 1 saturated carbocycles. The molecule has 1 saturated heterocycles. The van der Waals surface area contributed by atoms with Gasteiger partial charge < -0.3 is 14.5 Å². The van der Waals surface area contributed by atoms with Crippen molar-refractivity contribution in [3.05, 3.63) is 29.3 Å². The zero-order valence-electron chi connectivity index (χ0n) is 16.0. The summed E-state index contributed by atoms with van der Waals surface area (Å²) in [6.07, 6.45) is 6.11. The number of benzene rings is 1. The average Bonchev–Trinajstić information content (AvgIpc) is 3.11. The second-order valence-corrected chi connectivity index (χ2v) is 7.34. The molecule has 0 N–H and O–H groups in total. The molecule has 1 aromatic carbocycles. The average molecular weight is 358 g/mol. The van der Waals surface area contributed by atoms with Crippen LogP contribution in [0.25, 0.3) is 0 Å². The van der Waals surface area contributed by atoms with E-state index in [1.807, 2.05) is 28.0 Å². The molecule has 1 aliphatic carbocycles. The summed E-state index contributed by atoms with van der Waals surface area (Å²) in [6.45, 7) is 4.75. The van der Waals surface area contributed by atoms with Crippen LogP contribution in [-0.4, -0.2) is 54.9 Å². The lowest BCUT2D eigenvalue weighted by Gasteiger charge is -2.25. The van der Waals surface area contributed by atoms with Gasteiger partial charge in [-0.2, -0.15) is 0 Å². The number of carbonyl (C=O) groups is 2. The van der Waals surface area contributed by atoms with Crippen LogP contribution < -0.4 is 4.74 Å². The first-order valence-electron chi connectivity index (χ1n) is 9.89. The monoisotopic (exact) mass is 358 g/mol. The number of hydrogen-bond donors (Lipinski definition) is 0. The van der Waals surface area contributed by atoms with Crippen LogP contribution in [0.1, 0.15) is 54.9 Å². The number of ether oxygens (including phenoxy) is 1. The summed E-state index contributed by atoms with van der Waals surface area (Å²) in [6, 6.07) is 5.81. The quantitative estimate of drug-likeness (QED) is 0.831. The highest BCUT2D eigenvalue weighted by molar-refractivity contribution is 5.97. The van der Waals surface area contributed by atoms with E-state index in [-0.39, 0.29) is 11.8 Å². The van der Waals surface area contributed by atoms with Crippen LogP contribution in [0.3, 0.4) is 0 Å². The summed E-state index contributed by atoms with van der Waals surface area (Å²) in [5.74, 6) is 1.13. The molecule has 1 aliphatic heterocycles. The molecule has 142 valence electrons. The van der Waals surface area contributed by atoms with Crippen molar-refractivity contribution in [2.24, 2.45) is 5.92 Å². The highest BCUT2D eigenvalue weighted by atomic mass is 16.5. The summed E-state index contributed by atoms with van der Waals surface area (Å²) in [7, 11) is 1.60. The minimum Gasteiger partial charge on any atom is -0.496 e. The van der Waals surface area contributed by atoms with E-state index in [2.05, 4.69) is 6.92 Å². The van der Waals surface area contributed by atoms with E-state index in [1.54, 1.807) is 7.11 Å². The Morgan fingerprint density at radius 1 is 1.04 bits per heavy atom. The summed E-state index contributed by atoms with van der Waals surface area (Å²) >= 11 is 0. The Morgan fingerprint density at radius 3 is 2.42 bits per heavy atom. The molecule has 0 aromatic heterocycles. The number of nitrogens with zero attached hydrogens (tertiary/aromatic N) is 2. The van der Waals surface area contributed by atoms with E-state index in [4.69, 9.17) is 4.74 Å². The van der Waals surface area contributed by atoms with Gasteiger partial charge in [0.25, 0.3) is 5.91 Å². The van der Waals surface area contributed by atoms with Crippen molar-refractivity contribution < 1.29 is 14.3 Å². The topological polar surface area (TPSA) is 49.9 Å². The van der Waals surface area contributed by atoms with Gasteiger partial charge in [0.1, 0.15) is 5.75 Å². The molecular weight excluding hydrogens is 328 g/mol. The Balaban J connectivity index is 1.68. The molecule has 0 radical (unpaired) electrons. The molecule has 2 amide bonds. The van der Waals surface area contributed by atoms with Crippen LogP contribution in [-0.2, 0) is 11.2 Å². The summed E-state index contributed by atoms with van der Waals surface area (Å²) < 4.78 is 5.40. The van der Waals surface area contributed by atoms with Crippen LogP contribution in [0.2, 0.25) is 0 Å². The molecule has 0 bridgehead atoms. The summed E-state index contributed by atoms with van der Waals surface area (Å²) in [5.41, 5.74) is 1.75. The number of hydrogen-bond acceptors (Lipinski definition) is 3. The van der Waals surface area contributed by atoms with Gasteiger partial charge in [-0.1, -0.05) is 25.8 Å². The number of carbonyl (C=O) groups excluding carboxylic acids is 2. The lowest BCUT2D eigenvalue weighted by Crippen LogP contribution is -2.39. The van der Waals surface area contributed by atoms with Crippen molar-refractivity contribution >= 4 is 11.8 Å². The molecule has 3 rings (SSSR count). The van der Waals surface area contributed by atoms with Crippen molar-refractivity contribution in [3.8, 4) is 5.75 Å². The maximum Gasteiger partial charge on any atom is 0.257 e. The van der Waals surface area contributed by atoms with Gasteiger partial charge in [0.15, 0.2) is 0 Å². The minimum absolute atomic E-state index is 0.00677. The number of methoxy groups -OCH3 is 1. The Labute approximate surface area is 156 Å². The van der Waals surface area contributed by atoms with Crippen molar-refractivity contribution in [1.82, 2.24) is 9.80 Å². The summed E-state index contributed by atoms with van der Waals surface area (Å²) in [4.78, 5) is 29.6. The van der Waals surface area contributed by atoms with E-state index in [9.17, 15) is 9.59 Å². The maximum absolute atomic E-state index is 13.1. The van der Waals surface area contributed by atoms with Crippen molar-refractivity contribution in [2.45, 2.75) is 45.4 Å². The fourth-order valence-corrected chi connectivity index (χ4v) is 4.08. The molecule has 5 heteroatoms. The van der Waals surface area contributed by atoms with Gasteiger partial charge in [-0.05, 0) is 43.4 Å². The molecule has 26 heavy (non-hydrogen) atoms. The molecule has 0 unspecified atom stereocenters. The van der Waals surface area contributed by atoms with Gasteiger partial charge >= 0.3 is 0 Å². The molecule has 5 nitrogen and oxygen atoms in total. The van der Waals surface area contributed by atoms with Gasteiger partial charge in [0.2, 0.25) is 5.91 Å².